The first-order valence-electron chi connectivity index (χ1n) is 9.40. The van der Waals surface area contributed by atoms with Crippen molar-refractivity contribution in [2.75, 3.05) is 29.9 Å². The first-order chi connectivity index (χ1) is 13.2. The Morgan fingerprint density at radius 1 is 1.26 bits per heavy atom. The van der Waals surface area contributed by atoms with Crippen LogP contribution in [0.4, 0.5) is 11.4 Å². The van der Waals surface area contributed by atoms with Gasteiger partial charge in [0.15, 0.2) is 5.11 Å². The number of fused-ring (bicyclic) bond motifs is 1. The Kier molecular flexibility index (Phi) is 6.71. The minimum Gasteiger partial charge on any atom is -0.490 e. The number of hydrogen-bond acceptors (Lipinski definition) is 3. The van der Waals surface area contributed by atoms with Crippen LogP contribution >= 0.6 is 12.2 Å². The smallest absolute Gasteiger partial charge is 0.170 e. The molecule has 0 fully saturated rings. The second kappa shape index (κ2) is 9.42. The van der Waals surface area contributed by atoms with E-state index in [4.69, 9.17) is 17.0 Å². The van der Waals surface area contributed by atoms with E-state index in [9.17, 15) is 0 Å². The van der Waals surface area contributed by atoms with Crippen LogP contribution in [0.1, 0.15) is 18.9 Å². The molecule has 0 aliphatic carbocycles. The molecule has 2 aromatic rings. The summed E-state index contributed by atoms with van der Waals surface area (Å²) in [4.78, 5) is 2.50. The summed E-state index contributed by atoms with van der Waals surface area (Å²) in [5.74, 6) is 0.819. The molecule has 0 aromatic heterocycles. The molecule has 4 nitrogen and oxygen atoms in total. The lowest BCUT2D eigenvalue weighted by atomic mass is 10.1. The van der Waals surface area contributed by atoms with Gasteiger partial charge in [-0.05, 0) is 67.9 Å². The molecule has 2 aromatic carbocycles. The Morgan fingerprint density at radius 3 is 2.81 bits per heavy atom. The largest absolute Gasteiger partial charge is 0.490 e. The van der Waals surface area contributed by atoms with Gasteiger partial charge in [0.1, 0.15) is 12.4 Å². The molecule has 0 unspecified atom stereocenters. The number of ether oxygens (including phenoxy) is 1. The van der Waals surface area contributed by atoms with E-state index in [0.29, 0.717) is 17.8 Å². The van der Waals surface area contributed by atoms with Gasteiger partial charge in [-0.1, -0.05) is 30.9 Å². The molecule has 2 N–H and O–H groups in total. The molecule has 1 heterocycles. The lowest BCUT2D eigenvalue weighted by Gasteiger charge is -2.25. The van der Waals surface area contributed by atoms with Gasteiger partial charge >= 0.3 is 0 Å². The third-order valence-electron chi connectivity index (χ3n) is 4.69. The van der Waals surface area contributed by atoms with Crippen LogP contribution in [0.15, 0.2) is 61.2 Å². The molecule has 1 aliphatic heterocycles. The summed E-state index contributed by atoms with van der Waals surface area (Å²) in [7, 11) is 0. The molecule has 0 saturated carbocycles. The van der Waals surface area contributed by atoms with Crippen LogP contribution in [-0.2, 0) is 6.42 Å². The van der Waals surface area contributed by atoms with E-state index in [1.807, 2.05) is 24.3 Å². The maximum Gasteiger partial charge on any atom is 0.170 e. The van der Waals surface area contributed by atoms with Crippen molar-refractivity contribution in [2.24, 2.45) is 0 Å². The highest BCUT2D eigenvalue weighted by Gasteiger charge is 2.24. The third-order valence-corrected chi connectivity index (χ3v) is 4.94. The fourth-order valence-electron chi connectivity index (χ4n) is 3.39. The number of para-hydroxylation sites is 1. The van der Waals surface area contributed by atoms with Gasteiger partial charge in [0.25, 0.3) is 0 Å². The van der Waals surface area contributed by atoms with Crippen molar-refractivity contribution in [3.8, 4) is 5.75 Å². The molecule has 0 amide bonds. The molecule has 1 aliphatic rings. The number of rotatable bonds is 8. The Balaban J connectivity index is 1.39. The predicted molar refractivity (Wildman–Crippen MR) is 118 cm³/mol. The van der Waals surface area contributed by atoms with Crippen molar-refractivity contribution in [1.29, 1.82) is 0 Å². The van der Waals surface area contributed by atoms with Gasteiger partial charge in [-0.2, -0.15) is 0 Å². The van der Waals surface area contributed by atoms with E-state index in [1.54, 1.807) is 6.08 Å². The summed E-state index contributed by atoms with van der Waals surface area (Å²) in [6.07, 6.45) is 3.90. The molecule has 27 heavy (non-hydrogen) atoms. The quantitative estimate of drug-likeness (QED) is 0.403. The summed E-state index contributed by atoms with van der Waals surface area (Å²) in [6.45, 7) is 8.32. The van der Waals surface area contributed by atoms with Gasteiger partial charge < -0.3 is 20.3 Å². The number of hydrogen-bond donors (Lipinski definition) is 2. The zero-order chi connectivity index (χ0) is 19.1. The highest BCUT2D eigenvalue weighted by Crippen LogP contribution is 2.31. The van der Waals surface area contributed by atoms with E-state index in [2.05, 4.69) is 53.3 Å². The number of nitrogens with one attached hydrogen (secondary N) is 2. The SMILES string of the molecule is C=CCOc1ccc(NC(=S)NCCCN2c3ccccc3C[C@H]2C)cc1. The van der Waals surface area contributed by atoms with Crippen molar-refractivity contribution < 1.29 is 4.74 Å². The lowest BCUT2D eigenvalue weighted by molar-refractivity contribution is 0.363. The van der Waals surface area contributed by atoms with Gasteiger partial charge in [0.05, 0.1) is 0 Å². The van der Waals surface area contributed by atoms with Crippen molar-refractivity contribution in [2.45, 2.75) is 25.8 Å². The molecule has 5 heteroatoms. The molecule has 0 saturated heterocycles. The standard InChI is InChI=1S/C22H27N3OS/c1-3-15-26-20-11-9-19(10-12-20)24-22(27)23-13-6-14-25-17(2)16-18-7-4-5-8-21(18)25/h3-5,7-12,17H,1,6,13-16H2,2H3,(H2,23,24,27)/t17-/m1/s1. The van der Waals surface area contributed by atoms with Crippen molar-refractivity contribution in [3.05, 3.63) is 66.7 Å². The molecule has 3 rings (SSSR count). The van der Waals surface area contributed by atoms with E-state index >= 15 is 0 Å². The molecular formula is C22H27N3OS. The molecule has 0 radical (unpaired) electrons. The fourth-order valence-corrected chi connectivity index (χ4v) is 3.61. The van der Waals surface area contributed by atoms with Crippen molar-refractivity contribution in [1.82, 2.24) is 5.32 Å². The van der Waals surface area contributed by atoms with Crippen LogP contribution in [0, 0.1) is 0 Å². The van der Waals surface area contributed by atoms with Crippen molar-refractivity contribution >= 4 is 28.7 Å². The third kappa shape index (κ3) is 5.23. The van der Waals surface area contributed by atoms with Crippen LogP contribution in [0.2, 0.25) is 0 Å². The molecule has 0 spiro atoms. The number of benzene rings is 2. The van der Waals surface area contributed by atoms with E-state index in [-0.39, 0.29) is 0 Å². The minimum atomic E-state index is 0.507. The predicted octanol–water partition coefficient (Wildman–Crippen LogP) is 4.38. The Bertz CT molecular complexity index is 775. The summed E-state index contributed by atoms with van der Waals surface area (Å²) >= 11 is 5.39. The molecular weight excluding hydrogens is 354 g/mol. The Hall–Kier alpha value is -2.53. The zero-order valence-corrected chi connectivity index (χ0v) is 16.6. The van der Waals surface area contributed by atoms with Crippen LogP contribution in [-0.4, -0.2) is 30.9 Å². The summed E-state index contributed by atoms with van der Waals surface area (Å²) in [5, 5.41) is 7.14. The first kappa shape index (κ1) is 19.2. The van der Waals surface area contributed by atoms with Gasteiger partial charge in [0, 0.05) is 30.5 Å². The summed E-state index contributed by atoms with van der Waals surface area (Å²) < 4.78 is 5.48. The number of nitrogens with zero attached hydrogens (tertiary/aromatic N) is 1. The van der Waals surface area contributed by atoms with Gasteiger partial charge in [-0.3, -0.25) is 0 Å². The monoisotopic (exact) mass is 381 g/mol. The van der Waals surface area contributed by atoms with Crippen LogP contribution in [0.5, 0.6) is 5.75 Å². The van der Waals surface area contributed by atoms with Gasteiger partial charge in [-0.15, -0.1) is 0 Å². The Labute approximate surface area is 167 Å². The first-order valence-corrected chi connectivity index (χ1v) is 9.81. The highest BCUT2D eigenvalue weighted by molar-refractivity contribution is 7.80. The zero-order valence-electron chi connectivity index (χ0n) is 15.8. The molecule has 142 valence electrons. The van der Waals surface area contributed by atoms with E-state index in [1.165, 1.54) is 11.3 Å². The topological polar surface area (TPSA) is 36.5 Å². The maximum atomic E-state index is 5.48. The Morgan fingerprint density at radius 2 is 2.04 bits per heavy atom. The number of thiocarbonyl (C=S) groups is 1. The average Bonchev–Trinajstić information content (AvgIpc) is 3.00. The minimum absolute atomic E-state index is 0.507. The second-order valence-corrected chi connectivity index (χ2v) is 7.14. The maximum absolute atomic E-state index is 5.48. The number of anilines is 2. The van der Waals surface area contributed by atoms with Crippen LogP contribution < -0.4 is 20.3 Å². The molecule has 0 bridgehead atoms. The van der Waals surface area contributed by atoms with Crippen LogP contribution in [0.3, 0.4) is 0 Å². The second-order valence-electron chi connectivity index (χ2n) is 6.73. The normalized spacial score (nSPS) is 15.1. The summed E-state index contributed by atoms with van der Waals surface area (Å²) in [6, 6.07) is 17.0. The van der Waals surface area contributed by atoms with Gasteiger partial charge in [-0.25, -0.2) is 0 Å². The lowest BCUT2D eigenvalue weighted by Crippen LogP contribution is -2.34. The van der Waals surface area contributed by atoms with Crippen molar-refractivity contribution in [3.63, 3.8) is 0 Å². The van der Waals surface area contributed by atoms with E-state index in [0.717, 1.165) is 37.4 Å². The summed E-state index contributed by atoms with van der Waals surface area (Å²) in [5.41, 5.74) is 3.78. The average molecular weight is 382 g/mol. The fraction of sp³-hybridized carbons (Fsp3) is 0.318. The highest BCUT2D eigenvalue weighted by atomic mass is 32.1. The van der Waals surface area contributed by atoms with Gasteiger partial charge in [0.2, 0.25) is 0 Å². The van der Waals surface area contributed by atoms with Crippen LogP contribution in [0.25, 0.3) is 0 Å². The van der Waals surface area contributed by atoms with E-state index < -0.39 is 0 Å². The molecule has 1 atom stereocenters.